The summed E-state index contributed by atoms with van der Waals surface area (Å²) in [5.74, 6) is 1.98. The molecule has 0 atom stereocenters. The first-order valence-electron chi connectivity index (χ1n) is 9.02. The lowest BCUT2D eigenvalue weighted by Crippen LogP contribution is -2.30. The quantitative estimate of drug-likeness (QED) is 0.664. The molecule has 1 aromatic carbocycles. The molecule has 1 saturated carbocycles. The SMILES string of the molecule is Cc1ccc(Oc2ccc(NC(=O)NCCCOCC3CC3)cn2)cc1. The van der Waals surface area contributed by atoms with E-state index in [-0.39, 0.29) is 6.03 Å². The van der Waals surface area contributed by atoms with E-state index < -0.39 is 0 Å². The van der Waals surface area contributed by atoms with Crippen molar-refractivity contribution in [3.8, 4) is 11.6 Å². The number of anilines is 1. The maximum Gasteiger partial charge on any atom is 0.319 e. The van der Waals surface area contributed by atoms with Crippen LogP contribution in [0.15, 0.2) is 42.6 Å². The minimum absolute atomic E-state index is 0.249. The standard InChI is InChI=1S/C20H25N3O3/c1-15-3-8-18(9-4-15)26-19-10-7-17(13-22-19)23-20(24)21-11-2-12-25-14-16-5-6-16/h3-4,7-10,13,16H,2,5-6,11-12,14H2,1H3,(H2,21,23,24). The summed E-state index contributed by atoms with van der Waals surface area (Å²) in [4.78, 5) is 16.1. The zero-order valence-corrected chi connectivity index (χ0v) is 15.0. The molecule has 0 radical (unpaired) electrons. The number of amides is 2. The van der Waals surface area contributed by atoms with Gasteiger partial charge in [-0.15, -0.1) is 0 Å². The normalized spacial score (nSPS) is 13.3. The molecule has 1 heterocycles. The van der Waals surface area contributed by atoms with Gasteiger partial charge in [-0.25, -0.2) is 9.78 Å². The van der Waals surface area contributed by atoms with Crippen molar-refractivity contribution >= 4 is 11.7 Å². The molecule has 138 valence electrons. The summed E-state index contributed by atoms with van der Waals surface area (Å²) in [6.07, 6.45) is 4.97. The van der Waals surface area contributed by atoms with Crippen LogP contribution in [0.2, 0.25) is 0 Å². The molecule has 1 aromatic heterocycles. The predicted octanol–water partition coefficient (Wildman–Crippen LogP) is 4.12. The number of carbonyl (C=O) groups excluding carboxylic acids is 1. The van der Waals surface area contributed by atoms with Gasteiger partial charge in [0.15, 0.2) is 0 Å². The molecule has 26 heavy (non-hydrogen) atoms. The molecule has 6 nitrogen and oxygen atoms in total. The first-order chi connectivity index (χ1) is 12.7. The summed E-state index contributed by atoms with van der Waals surface area (Å²) in [5.41, 5.74) is 1.79. The van der Waals surface area contributed by atoms with Gasteiger partial charge < -0.3 is 20.1 Å². The number of nitrogens with one attached hydrogen (secondary N) is 2. The molecule has 0 bridgehead atoms. The molecule has 0 spiro atoms. The highest BCUT2D eigenvalue weighted by molar-refractivity contribution is 5.88. The lowest BCUT2D eigenvalue weighted by molar-refractivity contribution is 0.122. The summed E-state index contributed by atoms with van der Waals surface area (Å²) >= 11 is 0. The van der Waals surface area contributed by atoms with Crippen LogP contribution in [0, 0.1) is 12.8 Å². The van der Waals surface area contributed by atoms with Crippen molar-refractivity contribution in [1.29, 1.82) is 0 Å². The van der Waals surface area contributed by atoms with Gasteiger partial charge in [0.05, 0.1) is 11.9 Å². The van der Waals surface area contributed by atoms with Gasteiger partial charge in [0, 0.05) is 25.8 Å². The smallest absolute Gasteiger partial charge is 0.319 e. The van der Waals surface area contributed by atoms with Crippen LogP contribution in [0.25, 0.3) is 0 Å². The number of urea groups is 1. The summed E-state index contributed by atoms with van der Waals surface area (Å²) in [6, 6.07) is 11.0. The van der Waals surface area contributed by atoms with Crippen molar-refractivity contribution in [3.63, 3.8) is 0 Å². The number of carbonyl (C=O) groups is 1. The average Bonchev–Trinajstić information content (AvgIpc) is 3.46. The third kappa shape index (κ3) is 6.37. The molecule has 2 aromatic rings. The Morgan fingerprint density at radius 3 is 2.69 bits per heavy atom. The summed E-state index contributed by atoms with van der Waals surface area (Å²) in [6.45, 7) is 4.14. The molecule has 1 aliphatic rings. The highest BCUT2D eigenvalue weighted by Crippen LogP contribution is 2.28. The molecule has 0 aliphatic heterocycles. The zero-order chi connectivity index (χ0) is 18.2. The van der Waals surface area contributed by atoms with Crippen LogP contribution in [0.1, 0.15) is 24.8 Å². The Morgan fingerprint density at radius 1 is 1.19 bits per heavy atom. The van der Waals surface area contributed by atoms with E-state index in [9.17, 15) is 4.79 Å². The van der Waals surface area contributed by atoms with Crippen LogP contribution in [0.5, 0.6) is 11.6 Å². The minimum Gasteiger partial charge on any atom is -0.439 e. The predicted molar refractivity (Wildman–Crippen MR) is 101 cm³/mol. The van der Waals surface area contributed by atoms with Crippen molar-refractivity contribution < 1.29 is 14.3 Å². The Morgan fingerprint density at radius 2 is 2.00 bits per heavy atom. The van der Waals surface area contributed by atoms with Crippen LogP contribution in [-0.2, 0) is 4.74 Å². The van der Waals surface area contributed by atoms with Gasteiger partial charge in [0.1, 0.15) is 5.75 Å². The van der Waals surface area contributed by atoms with Crippen molar-refractivity contribution in [2.24, 2.45) is 5.92 Å². The molecule has 1 aliphatic carbocycles. The number of aryl methyl sites for hydroxylation is 1. The fourth-order valence-corrected chi connectivity index (χ4v) is 2.33. The fourth-order valence-electron chi connectivity index (χ4n) is 2.33. The molecule has 6 heteroatoms. The second-order valence-electron chi connectivity index (χ2n) is 6.55. The van der Waals surface area contributed by atoms with Gasteiger partial charge in [-0.3, -0.25) is 0 Å². The summed E-state index contributed by atoms with van der Waals surface area (Å²) in [5, 5.41) is 5.56. The third-order valence-corrected chi connectivity index (χ3v) is 4.04. The maximum absolute atomic E-state index is 11.8. The minimum atomic E-state index is -0.249. The molecule has 3 rings (SSSR count). The molecule has 2 N–H and O–H groups in total. The fraction of sp³-hybridized carbons (Fsp3) is 0.400. The van der Waals surface area contributed by atoms with E-state index in [1.54, 1.807) is 18.3 Å². The molecule has 2 amide bonds. The Hall–Kier alpha value is -2.60. The van der Waals surface area contributed by atoms with Gasteiger partial charge >= 0.3 is 6.03 Å². The second kappa shape index (κ2) is 9.20. The van der Waals surface area contributed by atoms with Crippen molar-refractivity contribution in [3.05, 3.63) is 48.2 Å². The molecular weight excluding hydrogens is 330 g/mol. The molecule has 1 fully saturated rings. The van der Waals surface area contributed by atoms with Crippen LogP contribution in [0.3, 0.4) is 0 Å². The van der Waals surface area contributed by atoms with E-state index in [1.807, 2.05) is 31.2 Å². The lowest BCUT2D eigenvalue weighted by Gasteiger charge is -2.09. The number of hydrogen-bond acceptors (Lipinski definition) is 4. The largest absolute Gasteiger partial charge is 0.439 e. The topological polar surface area (TPSA) is 72.5 Å². The number of pyridine rings is 1. The van der Waals surface area contributed by atoms with E-state index in [0.29, 0.717) is 24.7 Å². The Balaban J connectivity index is 1.34. The van der Waals surface area contributed by atoms with Crippen LogP contribution >= 0.6 is 0 Å². The van der Waals surface area contributed by atoms with Crippen LogP contribution in [-0.4, -0.2) is 30.8 Å². The van der Waals surface area contributed by atoms with Crippen molar-refractivity contribution in [1.82, 2.24) is 10.3 Å². The molecular formula is C20H25N3O3. The summed E-state index contributed by atoms with van der Waals surface area (Å²) < 4.78 is 11.2. The van der Waals surface area contributed by atoms with Crippen LogP contribution < -0.4 is 15.4 Å². The van der Waals surface area contributed by atoms with Crippen molar-refractivity contribution in [2.75, 3.05) is 25.1 Å². The van der Waals surface area contributed by atoms with E-state index in [4.69, 9.17) is 9.47 Å². The number of aromatic nitrogens is 1. The Labute approximate surface area is 153 Å². The van der Waals surface area contributed by atoms with E-state index in [2.05, 4.69) is 15.6 Å². The zero-order valence-electron chi connectivity index (χ0n) is 15.0. The number of ether oxygens (including phenoxy) is 2. The second-order valence-corrected chi connectivity index (χ2v) is 6.55. The Bertz CT molecular complexity index is 697. The third-order valence-electron chi connectivity index (χ3n) is 4.04. The number of nitrogens with zero attached hydrogens (tertiary/aromatic N) is 1. The number of benzene rings is 1. The monoisotopic (exact) mass is 355 g/mol. The van der Waals surface area contributed by atoms with Crippen molar-refractivity contribution in [2.45, 2.75) is 26.2 Å². The highest BCUT2D eigenvalue weighted by atomic mass is 16.5. The van der Waals surface area contributed by atoms with Crippen LogP contribution in [0.4, 0.5) is 10.5 Å². The van der Waals surface area contributed by atoms with E-state index in [0.717, 1.165) is 24.7 Å². The van der Waals surface area contributed by atoms with Gasteiger partial charge in [0.2, 0.25) is 5.88 Å². The average molecular weight is 355 g/mol. The Kier molecular flexibility index (Phi) is 6.44. The van der Waals surface area contributed by atoms with E-state index >= 15 is 0 Å². The maximum atomic E-state index is 11.8. The molecule has 0 unspecified atom stereocenters. The van der Waals surface area contributed by atoms with Gasteiger partial charge in [-0.05, 0) is 50.3 Å². The summed E-state index contributed by atoms with van der Waals surface area (Å²) in [7, 11) is 0. The molecule has 0 saturated heterocycles. The van der Waals surface area contributed by atoms with Gasteiger partial charge in [0.25, 0.3) is 0 Å². The number of hydrogen-bond donors (Lipinski definition) is 2. The first kappa shape index (κ1) is 18.2. The lowest BCUT2D eigenvalue weighted by atomic mass is 10.2. The highest BCUT2D eigenvalue weighted by Gasteiger charge is 2.20. The van der Waals surface area contributed by atoms with Gasteiger partial charge in [-0.2, -0.15) is 0 Å². The first-order valence-corrected chi connectivity index (χ1v) is 9.02. The number of rotatable bonds is 9. The van der Waals surface area contributed by atoms with Gasteiger partial charge in [-0.1, -0.05) is 17.7 Å². The van der Waals surface area contributed by atoms with E-state index in [1.165, 1.54) is 18.4 Å².